The molecule has 6 unspecified atom stereocenters. The highest BCUT2D eigenvalue weighted by molar-refractivity contribution is 5.13. The van der Waals surface area contributed by atoms with Gasteiger partial charge in [-0.05, 0) is 48.3 Å². The Morgan fingerprint density at radius 3 is 2.17 bits per heavy atom. The van der Waals surface area contributed by atoms with Gasteiger partial charge in [-0.3, -0.25) is 0 Å². The Labute approximate surface area is 74.2 Å². The third-order valence-electron chi connectivity index (χ3n) is 4.79. The van der Waals surface area contributed by atoms with E-state index in [0.717, 1.165) is 23.7 Å². The first-order chi connectivity index (χ1) is 5.70. The fraction of sp³-hybridized carbons (Fsp3) is 1.00. The van der Waals surface area contributed by atoms with Crippen LogP contribution in [0.1, 0.15) is 26.7 Å². The maximum atomic E-state index is 9.95. The Balaban J connectivity index is 1.95. The molecule has 4 rings (SSSR count). The fourth-order valence-corrected chi connectivity index (χ4v) is 4.63. The maximum absolute atomic E-state index is 9.95. The predicted octanol–water partition coefficient (Wildman–Crippen LogP) is 1.91. The van der Waals surface area contributed by atoms with E-state index in [-0.39, 0.29) is 6.10 Å². The summed E-state index contributed by atoms with van der Waals surface area (Å²) in [5, 5.41) is 9.95. The fourth-order valence-electron chi connectivity index (χ4n) is 4.63. The van der Waals surface area contributed by atoms with Crippen LogP contribution in [0.3, 0.4) is 0 Å². The average Bonchev–Trinajstić information content (AvgIpc) is 2.64. The lowest BCUT2D eigenvalue weighted by molar-refractivity contribution is 0.0944. The molecule has 68 valence electrons. The van der Waals surface area contributed by atoms with Crippen molar-refractivity contribution < 1.29 is 5.11 Å². The molecule has 4 aliphatic carbocycles. The van der Waals surface area contributed by atoms with E-state index < -0.39 is 0 Å². The van der Waals surface area contributed by atoms with E-state index in [1.54, 1.807) is 0 Å². The highest BCUT2D eigenvalue weighted by Gasteiger charge is 2.64. The Morgan fingerprint density at radius 2 is 1.83 bits per heavy atom. The van der Waals surface area contributed by atoms with E-state index in [0.29, 0.717) is 11.8 Å². The number of aliphatic hydroxyl groups excluding tert-OH is 1. The van der Waals surface area contributed by atoms with E-state index in [1.165, 1.54) is 12.8 Å². The molecule has 4 aliphatic rings. The van der Waals surface area contributed by atoms with Gasteiger partial charge in [0.1, 0.15) is 0 Å². The van der Waals surface area contributed by atoms with Crippen molar-refractivity contribution in [3.05, 3.63) is 0 Å². The summed E-state index contributed by atoms with van der Waals surface area (Å²) >= 11 is 0. The van der Waals surface area contributed by atoms with Crippen LogP contribution in [0.2, 0.25) is 0 Å². The third kappa shape index (κ3) is 0.618. The van der Waals surface area contributed by atoms with Crippen LogP contribution in [0, 0.1) is 35.5 Å². The molecule has 6 atom stereocenters. The molecule has 0 saturated heterocycles. The highest BCUT2D eigenvalue weighted by atomic mass is 16.3. The molecule has 0 radical (unpaired) electrons. The van der Waals surface area contributed by atoms with Gasteiger partial charge in [0.25, 0.3) is 0 Å². The molecule has 0 aliphatic heterocycles. The molecule has 0 aromatic rings. The topological polar surface area (TPSA) is 20.2 Å². The van der Waals surface area contributed by atoms with Gasteiger partial charge in [-0.2, -0.15) is 0 Å². The van der Waals surface area contributed by atoms with Crippen molar-refractivity contribution in [1.29, 1.82) is 0 Å². The summed E-state index contributed by atoms with van der Waals surface area (Å²) in [5.74, 6) is 4.86. The molecule has 1 nitrogen and oxygen atoms in total. The molecular weight excluding hydrogens is 148 g/mol. The monoisotopic (exact) mass is 166 g/mol. The molecule has 0 aromatic carbocycles. The molecular formula is C11H18O. The van der Waals surface area contributed by atoms with Gasteiger partial charge in [0.05, 0.1) is 6.10 Å². The lowest BCUT2D eigenvalue weighted by atomic mass is 9.81. The molecule has 0 heterocycles. The zero-order valence-electron chi connectivity index (χ0n) is 7.90. The van der Waals surface area contributed by atoms with Crippen LogP contribution in [0.4, 0.5) is 0 Å². The summed E-state index contributed by atoms with van der Waals surface area (Å²) in [5.41, 5.74) is 0. The summed E-state index contributed by atoms with van der Waals surface area (Å²) in [4.78, 5) is 0. The predicted molar refractivity (Wildman–Crippen MR) is 47.5 cm³/mol. The van der Waals surface area contributed by atoms with Crippen molar-refractivity contribution in [3.8, 4) is 0 Å². The van der Waals surface area contributed by atoms with E-state index in [1.807, 2.05) is 0 Å². The van der Waals surface area contributed by atoms with Crippen LogP contribution < -0.4 is 0 Å². The summed E-state index contributed by atoms with van der Waals surface area (Å²) in [6.07, 6.45) is 2.87. The van der Waals surface area contributed by atoms with Crippen molar-refractivity contribution in [2.24, 2.45) is 35.5 Å². The van der Waals surface area contributed by atoms with Crippen LogP contribution in [-0.2, 0) is 0 Å². The largest absolute Gasteiger partial charge is 0.393 e. The maximum Gasteiger partial charge on any atom is 0.0604 e. The zero-order valence-corrected chi connectivity index (χ0v) is 7.90. The Morgan fingerprint density at radius 1 is 1.17 bits per heavy atom. The molecule has 12 heavy (non-hydrogen) atoms. The molecule has 4 saturated carbocycles. The standard InChI is InChI=1S/C11H18O/c1-5(2)9-7-3-6-4-8(7)11(12)10(6)9/h5-12H,3-4H2,1-2H3. The van der Waals surface area contributed by atoms with Gasteiger partial charge in [-0.1, -0.05) is 13.8 Å². The van der Waals surface area contributed by atoms with Crippen LogP contribution in [0.5, 0.6) is 0 Å². The number of rotatable bonds is 1. The molecule has 0 spiro atoms. The van der Waals surface area contributed by atoms with Crippen LogP contribution in [0.25, 0.3) is 0 Å². The highest BCUT2D eigenvalue weighted by Crippen LogP contribution is 2.67. The average molecular weight is 166 g/mol. The Kier molecular flexibility index (Phi) is 1.27. The number of aliphatic hydroxyl groups is 1. The smallest absolute Gasteiger partial charge is 0.0604 e. The van der Waals surface area contributed by atoms with Gasteiger partial charge in [0.2, 0.25) is 0 Å². The van der Waals surface area contributed by atoms with Crippen molar-refractivity contribution in [2.45, 2.75) is 32.8 Å². The molecule has 0 aromatic heterocycles. The van der Waals surface area contributed by atoms with E-state index in [2.05, 4.69) is 13.8 Å². The van der Waals surface area contributed by atoms with Gasteiger partial charge in [-0.15, -0.1) is 0 Å². The van der Waals surface area contributed by atoms with E-state index in [9.17, 15) is 5.11 Å². The molecule has 4 fully saturated rings. The summed E-state index contributed by atoms with van der Waals surface area (Å²) in [6, 6.07) is 0. The van der Waals surface area contributed by atoms with Crippen LogP contribution in [-0.4, -0.2) is 11.2 Å². The third-order valence-corrected chi connectivity index (χ3v) is 4.79. The minimum atomic E-state index is 0.0844. The van der Waals surface area contributed by atoms with Gasteiger partial charge in [-0.25, -0.2) is 0 Å². The Hall–Kier alpha value is -0.0400. The normalized spacial score (nSPS) is 61.0. The van der Waals surface area contributed by atoms with Crippen molar-refractivity contribution in [1.82, 2.24) is 0 Å². The van der Waals surface area contributed by atoms with Crippen LogP contribution >= 0.6 is 0 Å². The zero-order chi connectivity index (χ0) is 8.46. The molecule has 4 bridgehead atoms. The first kappa shape index (κ1) is 7.37. The lowest BCUT2D eigenvalue weighted by Crippen LogP contribution is -2.21. The quantitative estimate of drug-likeness (QED) is 0.631. The van der Waals surface area contributed by atoms with Crippen LogP contribution in [0.15, 0.2) is 0 Å². The lowest BCUT2D eigenvalue weighted by Gasteiger charge is -2.24. The van der Waals surface area contributed by atoms with Crippen molar-refractivity contribution in [2.75, 3.05) is 0 Å². The molecule has 1 N–H and O–H groups in total. The van der Waals surface area contributed by atoms with Crippen molar-refractivity contribution in [3.63, 3.8) is 0 Å². The number of hydrogen-bond donors (Lipinski definition) is 1. The minimum Gasteiger partial charge on any atom is -0.393 e. The first-order valence-corrected chi connectivity index (χ1v) is 5.38. The summed E-state index contributed by atoms with van der Waals surface area (Å²) < 4.78 is 0. The second-order valence-electron chi connectivity index (χ2n) is 5.45. The minimum absolute atomic E-state index is 0.0844. The first-order valence-electron chi connectivity index (χ1n) is 5.38. The van der Waals surface area contributed by atoms with Crippen molar-refractivity contribution >= 4 is 0 Å². The second kappa shape index (κ2) is 2.06. The molecule has 1 heteroatoms. The van der Waals surface area contributed by atoms with Gasteiger partial charge in [0, 0.05) is 0 Å². The number of hydrogen-bond acceptors (Lipinski definition) is 1. The van der Waals surface area contributed by atoms with Gasteiger partial charge < -0.3 is 5.11 Å². The van der Waals surface area contributed by atoms with Gasteiger partial charge >= 0.3 is 0 Å². The SMILES string of the molecule is CC(C)C1C2CC3CC2C(O)C31. The summed E-state index contributed by atoms with van der Waals surface area (Å²) in [6.45, 7) is 4.65. The van der Waals surface area contributed by atoms with Gasteiger partial charge in [0.15, 0.2) is 0 Å². The van der Waals surface area contributed by atoms with E-state index >= 15 is 0 Å². The summed E-state index contributed by atoms with van der Waals surface area (Å²) in [7, 11) is 0. The Bertz CT molecular complexity index is 209. The van der Waals surface area contributed by atoms with E-state index in [4.69, 9.17) is 0 Å². The molecule has 0 amide bonds. The second-order valence-corrected chi connectivity index (χ2v) is 5.45.